The van der Waals surface area contributed by atoms with E-state index in [0.29, 0.717) is 0 Å². The van der Waals surface area contributed by atoms with Crippen LogP contribution in [0.3, 0.4) is 0 Å². The van der Waals surface area contributed by atoms with Crippen LogP contribution >= 0.6 is 0 Å². The maximum atomic E-state index is 13.7. The van der Waals surface area contributed by atoms with Gasteiger partial charge >= 0.3 is 0 Å². The van der Waals surface area contributed by atoms with E-state index in [1.807, 2.05) is 12.1 Å². The van der Waals surface area contributed by atoms with Gasteiger partial charge in [-0.25, -0.2) is 8.78 Å². The number of halogens is 2. The summed E-state index contributed by atoms with van der Waals surface area (Å²) >= 11 is 0. The summed E-state index contributed by atoms with van der Waals surface area (Å²) in [5.74, 6) is -1.41. The highest BCUT2D eigenvalue weighted by atomic mass is 19.1. The van der Waals surface area contributed by atoms with Gasteiger partial charge in [0.1, 0.15) is 11.6 Å². The van der Waals surface area contributed by atoms with Crippen molar-refractivity contribution in [2.24, 2.45) is 0 Å². The first kappa shape index (κ1) is 17.9. The predicted octanol–water partition coefficient (Wildman–Crippen LogP) is 2.65. The summed E-state index contributed by atoms with van der Waals surface area (Å²) in [5, 5.41) is 13.3. The number of rotatable bonds is 6. The first-order valence-corrected chi connectivity index (χ1v) is 8.60. The highest BCUT2D eigenvalue weighted by molar-refractivity contribution is 5.22. The molecular weight excluding hydrogens is 324 g/mol. The Morgan fingerprint density at radius 1 is 1.12 bits per heavy atom. The molecule has 1 aromatic heterocycles. The number of hydrogen-bond acceptors (Lipinski definition) is 4. The molecule has 2 N–H and O–H groups in total. The molecule has 0 spiro atoms. The Morgan fingerprint density at radius 2 is 1.76 bits per heavy atom. The van der Waals surface area contributed by atoms with Crippen LogP contribution in [-0.4, -0.2) is 40.7 Å². The van der Waals surface area contributed by atoms with Gasteiger partial charge in [-0.3, -0.25) is 9.88 Å². The Bertz CT molecular complexity index is 655. The maximum absolute atomic E-state index is 13.7. The molecule has 134 valence electrons. The van der Waals surface area contributed by atoms with Gasteiger partial charge in [0.2, 0.25) is 0 Å². The number of benzene rings is 1. The van der Waals surface area contributed by atoms with Crippen molar-refractivity contribution in [3.63, 3.8) is 0 Å². The molecule has 2 heterocycles. The van der Waals surface area contributed by atoms with Crippen LogP contribution in [0.4, 0.5) is 8.78 Å². The van der Waals surface area contributed by atoms with E-state index >= 15 is 0 Å². The maximum Gasteiger partial charge on any atom is 0.131 e. The zero-order chi connectivity index (χ0) is 17.6. The lowest BCUT2D eigenvalue weighted by molar-refractivity contribution is 0.143. The van der Waals surface area contributed by atoms with Gasteiger partial charge in [-0.2, -0.15) is 0 Å². The topological polar surface area (TPSA) is 48.4 Å². The third-order valence-electron chi connectivity index (χ3n) is 4.68. The first-order valence-electron chi connectivity index (χ1n) is 8.60. The number of hydrogen-bond donors (Lipinski definition) is 2. The normalized spacial score (nSPS) is 17.6. The predicted molar refractivity (Wildman–Crippen MR) is 91.9 cm³/mol. The Morgan fingerprint density at radius 3 is 2.40 bits per heavy atom. The molecule has 2 aromatic rings. The molecule has 1 unspecified atom stereocenters. The van der Waals surface area contributed by atoms with E-state index < -0.39 is 17.7 Å². The SMILES string of the molecule is OC(CNC1CCN(Cc2ccncc2)CC1)c1c(F)cccc1F. The second kappa shape index (κ2) is 8.47. The fraction of sp³-hybridized carbons (Fsp3) is 0.421. The van der Waals surface area contributed by atoms with Crippen LogP contribution in [0.15, 0.2) is 42.7 Å². The number of aromatic nitrogens is 1. The third kappa shape index (κ3) is 4.81. The minimum absolute atomic E-state index is 0.146. The fourth-order valence-corrected chi connectivity index (χ4v) is 3.25. The van der Waals surface area contributed by atoms with Gasteiger partial charge < -0.3 is 10.4 Å². The van der Waals surface area contributed by atoms with E-state index in [-0.39, 0.29) is 18.2 Å². The average molecular weight is 347 g/mol. The molecule has 0 bridgehead atoms. The van der Waals surface area contributed by atoms with Crippen molar-refractivity contribution in [1.82, 2.24) is 15.2 Å². The summed E-state index contributed by atoms with van der Waals surface area (Å²) in [6.07, 6.45) is 4.30. The molecule has 0 aliphatic carbocycles. The quantitative estimate of drug-likeness (QED) is 0.843. The van der Waals surface area contributed by atoms with Crippen LogP contribution in [0.5, 0.6) is 0 Å². The lowest BCUT2D eigenvalue weighted by Gasteiger charge is -2.33. The van der Waals surface area contributed by atoms with Crippen molar-refractivity contribution < 1.29 is 13.9 Å². The molecule has 0 amide bonds. The van der Waals surface area contributed by atoms with Crippen LogP contribution in [-0.2, 0) is 6.54 Å². The van der Waals surface area contributed by atoms with Crippen LogP contribution in [0.1, 0.15) is 30.1 Å². The summed E-state index contributed by atoms with van der Waals surface area (Å²) in [6, 6.07) is 7.91. The van der Waals surface area contributed by atoms with Gasteiger partial charge in [0.05, 0.1) is 11.7 Å². The summed E-state index contributed by atoms with van der Waals surface area (Å²) < 4.78 is 27.4. The monoisotopic (exact) mass is 347 g/mol. The van der Waals surface area contributed by atoms with Crippen LogP contribution < -0.4 is 5.32 Å². The van der Waals surface area contributed by atoms with Crippen molar-refractivity contribution in [2.75, 3.05) is 19.6 Å². The number of piperidine rings is 1. The van der Waals surface area contributed by atoms with Gasteiger partial charge in [0, 0.05) is 31.5 Å². The Hall–Kier alpha value is -1.89. The van der Waals surface area contributed by atoms with Crippen molar-refractivity contribution in [3.05, 3.63) is 65.5 Å². The summed E-state index contributed by atoms with van der Waals surface area (Å²) in [4.78, 5) is 6.40. The van der Waals surface area contributed by atoms with E-state index in [4.69, 9.17) is 0 Å². The van der Waals surface area contributed by atoms with Gasteiger partial charge in [-0.05, 0) is 55.8 Å². The number of aliphatic hydroxyl groups excluding tert-OH is 1. The molecule has 1 aromatic carbocycles. The second-order valence-electron chi connectivity index (χ2n) is 6.47. The summed E-state index contributed by atoms with van der Waals surface area (Å²) in [6.45, 7) is 2.94. The first-order chi connectivity index (χ1) is 12.1. The molecule has 1 aliphatic heterocycles. The lowest BCUT2D eigenvalue weighted by atomic mass is 10.0. The molecule has 1 saturated heterocycles. The van der Waals surface area contributed by atoms with E-state index in [1.54, 1.807) is 12.4 Å². The number of aliphatic hydroxyl groups is 1. The molecular formula is C19H23F2N3O. The molecule has 0 saturated carbocycles. The standard InChI is InChI=1S/C19H23F2N3O/c20-16-2-1-3-17(21)19(16)18(25)12-23-15-6-10-24(11-7-15)13-14-4-8-22-9-5-14/h1-5,8-9,15,18,23,25H,6-7,10-13H2. The van der Waals surface area contributed by atoms with E-state index in [2.05, 4.69) is 15.2 Å². The summed E-state index contributed by atoms with van der Waals surface area (Å²) in [7, 11) is 0. The van der Waals surface area contributed by atoms with Crippen molar-refractivity contribution >= 4 is 0 Å². The number of pyridine rings is 1. The van der Waals surface area contributed by atoms with E-state index in [9.17, 15) is 13.9 Å². The summed E-state index contributed by atoms with van der Waals surface area (Å²) in [5.41, 5.74) is 0.983. The zero-order valence-corrected chi connectivity index (χ0v) is 14.0. The second-order valence-corrected chi connectivity index (χ2v) is 6.47. The molecule has 3 rings (SSSR count). The Balaban J connectivity index is 1.45. The molecule has 1 atom stereocenters. The van der Waals surface area contributed by atoms with Crippen molar-refractivity contribution in [2.45, 2.75) is 31.5 Å². The average Bonchev–Trinajstić information content (AvgIpc) is 2.62. The minimum atomic E-state index is -1.18. The molecule has 1 fully saturated rings. The molecule has 1 aliphatic rings. The zero-order valence-electron chi connectivity index (χ0n) is 14.0. The highest BCUT2D eigenvalue weighted by Crippen LogP contribution is 2.21. The fourth-order valence-electron chi connectivity index (χ4n) is 3.25. The molecule has 25 heavy (non-hydrogen) atoms. The van der Waals surface area contributed by atoms with Gasteiger partial charge in [-0.1, -0.05) is 6.07 Å². The minimum Gasteiger partial charge on any atom is -0.387 e. The van der Waals surface area contributed by atoms with Crippen LogP contribution in [0, 0.1) is 11.6 Å². The highest BCUT2D eigenvalue weighted by Gasteiger charge is 2.22. The van der Waals surface area contributed by atoms with Gasteiger partial charge in [0.15, 0.2) is 0 Å². The number of likely N-dealkylation sites (tertiary alicyclic amines) is 1. The Kier molecular flexibility index (Phi) is 6.07. The third-order valence-corrected chi connectivity index (χ3v) is 4.68. The van der Waals surface area contributed by atoms with Crippen molar-refractivity contribution in [1.29, 1.82) is 0 Å². The van der Waals surface area contributed by atoms with E-state index in [0.717, 1.165) is 32.5 Å². The number of nitrogens with zero attached hydrogens (tertiary/aromatic N) is 2. The largest absolute Gasteiger partial charge is 0.387 e. The van der Waals surface area contributed by atoms with E-state index in [1.165, 1.54) is 23.8 Å². The lowest BCUT2D eigenvalue weighted by Crippen LogP contribution is -2.43. The smallest absolute Gasteiger partial charge is 0.131 e. The molecule has 4 nitrogen and oxygen atoms in total. The Labute approximate surface area is 146 Å². The van der Waals surface area contributed by atoms with Crippen LogP contribution in [0.2, 0.25) is 0 Å². The van der Waals surface area contributed by atoms with Crippen molar-refractivity contribution in [3.8, 4) is 0 Å². The van der Waals surface area contributed by atoms with Gasteiger partial charge in [-0.15, -0.1) is 0 Å². The van der Waals surface area contributed by atoms with Crippen LogP contribution in [0.25, 0.3) is 0 Å². The van der Waals surface area contributed by atoms with Gasteiger partial charge in [0.25, 0.3) is 0 Å². The molecule has 0 radical (unpaired) electrons. The number of nitrogens with one attached hydrogen (secondary N) is 1. The molecule has 6 heteroatoms.